The van der Waals surface area contributed by atoms with E-state index in [0.717, 1.165) is 96.1 Å². The number of carbonyl (C=O) groups is 8. The van der Waals surface area contributed by atoms with Gasteiger partial charge < -0.3 is 122 Å². The molecule has 0 bridgehead atoms. The van der Waals surface area contributed by atoms with Gasteiger partial charge in [0, 0.05) is 113 Å². The fraction of sp³-hybridized carbons (Fsp3) is 0.881. The molecule has 99 heavy (non-hydrogen) atoms. The maximum absolute atomic E-state index is 12.0. The molecule has 3 saturated heterocycles. The number of unbranched alkanes of at least 4 members (excludes halogenated alkanes) is 13. The first-order valence-corrected chi connectivity index (χ1v) is 35.6. The van der Waals surface area contributed by atoms with Crippen LogP contribution in [-0.2, 0) is 66.8 Å². The Morgan fingerprint density at radius 1 is 0.364 bits per heavy atom. The lowest BCUT2D eigenvalue weighted by Crippen LogP contribution is -2.64. The zero-order valence-corrected chi connectivity index (χ0v) is 60.2. The van der Waals surface area contributed by atoms with Gasteiger partial charge in [-0.25, -0.2) is 0 Å². The van der Waals surface area contributed by atoms with E-state index in [-0.39, 0.29) is 55.5 Å². The number of nitrogens with one attached hydrogen (secondary N) is 8. The molecule has 3 heterocycles. The van der Waals surface area contributed by atoms with Gasteiger partial charge in [0.25, 0.3) is 0 Å². The van der Waals surface area contributed by atoms with Gasteiger partial charge in [0.2, 0.25) is 47.3 Å². The highest BCUT2D eigenvalue weighted by Crippen LogP contribution is 2.25. The molecular weight excluding hydrogens is 1300 g/mol. The molecule has 0 aromatic heterocycles. The van der Waals surface area contributed by atoms with E-state index in [0.29, 0.717) is 77.6 Å². The molecule has 3 fully saturated rings. The number of aliphatic hydroxyl groups excluding tert-OH is 10. The number of aliphatic hydroxyl groups is 10. The van der Waals surface area contributed by atoms with Crippen molar-refractivity contribution < 1.29 is 118 Å². The first kappa shape index (κ1) is 94.1. The van der Waals surface area contributed by atoms with Crippen molar-refractivity contribution in [2.75, 3.05) is 79.5 Å². The predicted octanol–water partition coefficient (Wildman–Crippen LogP) is -0.912. The molecule has 18 N–H and O–H groups in total. The molecule has 580 valence electrons. The van der Waals surface area contributed by atoms with Crippen molar-refractivity contribution in [2.24, 2.45) is 5.92 Å². The summed E-state index contributed by atoms with van der Waals surface area (Å²) in [6.07, 6.45) is 3.86. The third-order valence-corrected chi connectivity index (χ3v) is 15.6. The van der Waals surface area contributed by atoms with E-state index in [2.05, 4.69) is 70.2 Å². The molecule has 8 amide bonds. The van der Waals surface area contributed by atoms with Crippen molar-refractivity contribution >= 4 is 47.3 Å². The van der Waals surface area contributed by atoms with Crippen LogP contribution in [0.1, 0.15) is 203 Å². The average Bonchev–Trinajstić information content (AvgIpc) is 0.829. The van der Waals surface area contributed by atoms with Gasteiger partial charge >= 0.3 is 0 Å². The van der Waals surface area contributed by atoms with E-state index in [9.17, 15) is 84.3 Å². The van der Waals surface area contributed by atoms with Crippen molar-refractivity contribution in [3.8, 4) is 0 Å². The molecule has 32 nitrogen and oxygen atoms in total. The van der Waals surface area contributed by atoms with Crippen LogP contribution in [-0.4, -0.2) is 270 Å². The molecule has 0 aromatic carbocycles. The van der Waals surface area contributed by atoms with Crippen molar-refractivity contribution in [1.82, 2.24) is 42.5 Å². The predicted molar refractivity (Wildman–Crippen MR) is 364 cm³/mol. The van der Waals surface area contributed by atoms with Crippen LogP contribution in [0.5, 0.6) is 0 Å². The molecule has 0 radical (unpaired) electrons. The minimum Gasteiger partial charge on any atom is -0.394 e. The van der Waals surface area contributed by atoms with Crippen LogP contribution in [0, 0.1) is 5.92 Å². The SMILES string of the molecule is CC(=O)NC1[C@H](O)OC(CO)[C@H](O)[C@@H]1O.CC(C)C.CCCCCCNC(=O)CCCCC(=O)NCCCCCCO[C@@H]1OC(CO)[C@H](O)[C@H](O)C1NC(C)=O.COCCCCCCNC(=O)CCCC(=O)NCCC(=O)NCCCCCCO[C@@H]1OC(CO)[C@H](O)[C@H](O)C1NC(C)=O. The number of hydrogen-bond donors (Lipinski definition) is 18. The Balaban J connectivity index is 0.00000154. The second-order valence-corrected chi connectivity index (χ2v) is 25.7. The van der Waals surface area contributed by atoms with Gasteiger partial charge in [-0.3, -0.25) is 38.4 Å². The van der Waals surface area contributed by atoms with Crippen LogP contribution in [0.4, 0.5) is 0 Å². The monoisotopic (exact) mass is 1430 g/mol. The van der Waals surface area contributed by atoms with Gasteiger partial charge in [-0.2, -0.15) is 0 Å². The standard InChI is InChI=1S/C29H54N4O10.C26H49N3O8.C8H15NO6.C4H10/c1-21(35)33-26-28(40)27(39)22(20-34)43-29(26)42-19-10-6-4-8-16-31-25(38)14-17-32-24(37)13-11-12-23(36)30-15-7-3-5-9-18-41-2;1-3-4-5-10-15-27-21(32)13-8-9-14-22(33)28-16-11-6-7-12-17-36-26-23(29-19(2)31)25(35)24(34)20(18-30)37-26;1-3(11)9-5-7(13)6(12)4(2-10)15-8(5)14;1-4(2)3/h22,26-29,34,39-40H,3-20H2,1-2H3,(H,30,36)(H,31,38)(H,32,37)(H,33,35);20,23-26,30,34-35H,3-18H2,1-2H3,(H,27,32)(H,28,33)(H,29,31);4-8,10,12-14H,2H2,1H3,(H,9,11);4H,1-3H3/t22?,26?,27-,28+,29+;20?,23?,24-,25+,26+;4?,5?,6-,7+,8+;/m000./s1. The van der Waals surface area contributed by atoms with E-state index in [1.54, 1.807) is 7.11 Å². The Hall–Kier alpha value is -4.88. The van der Waals surface area contributed by atoms with Crippen molar-refractivity contribution in [3.05, 3.63) is 0 Å². The fourth-order valence-corrected chi connectivity index (χ4v) is 10.2. The highest BCUT2D eigenvalue weighted by atomic mass is 16.7. The number of hydrogen-bond acceptors (Lipinski definition) is 24. The summed E-state index contributed by atoms with van der Waals surface area (Å²) in [5, 5.41) is 118. The first-order valence-electron chi connectivity index (χ1n) is 35.6. The van der Waals surface area contributed by atoms with Crippen molar-refractivity contribution in [2.45, 2.75) is 294 Å². The topological polar surface area (TPSA) is 490 Å². The molecule has 0 spiro atoms. The first-order chi connectivity index (χ1) is 47.2. The van der Waals surface area contributed by atoms with Gasteiger partial charge in [-0.05, 0) is 70.1 Å². The number of ether oxygens (including phenoxy) is 6. The summed E-state index contributed by atoms with van der Waals surface area (Å²) in [6, 6.07) is -2.99. The van der Waals surface area contributed by atoms with E-state index in [1.807, 2.05) is 0 Å². The summed E-state index contributed by atoms with van der Waals surface area (Å²) >= 11 is 0. The molecule has 15 atom stereocenters. The van der Waals surface area contributed by atoms with Crippen LogP contribution in [0.25, 0.3) is 0 Å². The molecule has 32 heteroatoms. The zero-order chi connectivity index (χ0) is 74.5. The Morgan fingerprint density at radius 2 is 0.657 bits per heavy atom. The summed E-state index contributed by atoms with van der Waals surface area (Å²) in [7, 11) is 1.69. The lowest BCUT2D eigenvalue weighted by molar-refractivity contribution is -0.270. The summed E-state index contributed by atoms with van der Waals surface area (Å²) in [4.78, 5) is 93.2. The normalized spacial score (nSPS) is 24.8. The molecule has 0 aliphatic carbocycles. The molecule has 0 aromatic rings. The quantitative estimate of drug-likeness (QED) is 0.0328. The van der Waals surface area contributed by atoms with Crippen LogP contribution in [0.3, 0.4) is 0 Å². The van der Waals surface area contributed by atoms with E-state index < -0.39 is 129 Å². The minimum atomic E-state index is -1.45. The van der Waals surface area contributed by atoms with Crippen LogP contribution >= 0.6 is 0 Å². The maximum Gasteiger partial charge on any atom is 0.221 e. The van der Waals surface area contributed by atoms with Gasteiger partial charge in [0.15, 0.2) is 18.9 Å². The summed E-state index contributed by atoms with van der Waals surface area (Å²) in [6.45, 7) is 15.0. The van der Waals surface area contributed by atoms with Gasteiger partial charge in [0.1, 0.15) is 73.1 Å². The van der Waals surface area contributed by atoms with E-state index in [4.69, 9.17) is 33.5 Å². The van der Waals surface area contributed by atoms with Crippen molar-refractivity contribution in [3.63, 3.8) is 0 Å². The molecule has 3 rings (SSSR count). The number of carbonyl (C=O) groups excluding carboxylic acids is 8. The third kappa shape index (κ3) is 45.7. The number of rotatable bonds is 46. The number of methoxy groups -OCH3 is 1. The van der Waals surface area contributed by atoms with Gasteiger partial charge in [0.05, 0.1) is 19.8 Å². The Bertz CT molecular complexity index is 2160. The second kappa shape index (κ2) is 58.6. The number of amides is 8. The molecule has 0 saturated carbocycles. The smallest absolute Gasteiger partial charge is 0.221 e. The molecular formula is C67H128N8O24. The lowest BCUT2D eigenvalue weighted by atomic mass is 9.97. The summed E-state index contributed by atoms with van der Waals surface area (Å²) in [5.74, 6) is -0.754. The molecule has 3 aliphatic rings. The third-order valence-electron chi connectivity index (χ3n) is 15.6. The highest BCUT2D eigenvalue weighted by Gasteiger charge is 2.47. The summed E-state index contributed by atoms with van der Waals surface area (Å²) < 4.78 is 32.2. The average molecular weight is 1430 g/mol. The fourth-order valence-electron chi connectivity index (χ4n) is 10.2. The van der Waals surface area contributed by atoms with Gasteiger partial charge in [-0.15, -0.1) is 0 Å². The van der Waals surface area contributed by atoms with Crippen molar-refractivity contribution in [1.29, 1.82) is 0 Å². The molecule has 6 unspecified atom stereocenters. The maximum atomic E-state index is 12.0. The van der Waals surface area contributed by atoms with Crippen LogP contribution < -0.4 is 42.5 Å². The van der Waals surface area contributed by atoms with Crippen LogP contribution in [0.2, 0.25) is 0 Å². The lowest BCUT2D eigenvalue weighted by Gasteiger charge is -2.42. The van der Waals surface area contributed by atoms with Gasteiger partial charge in [-0.1, -0.05) is 85.5 Å². The zero-order valence-electron chi connectivity index (χ0n) is 60.2. The highest BCUT2D eigenvalue weighted by molar-refractivity contribution is 5.80. The summed E-state index contributed by atoms with van der Waals surface area (Å²) in [5.41, 5.74) is 0. The second-order valence-electron chi connectivity index (χ2n) is 25.7. The molecule has 3 aliphatic heterocycles. The Labute approximate surface area is 585 Å². The Morgan fingerprint density at radius 3 is 1.00 bits per heavy atom. The van der Waals surface area contributed by atoms with E-state index >= 15 is 0 Å². The minimum absolute atomic E-state index is 0.000880. The van der Waals surface area contributed by atoms with E-state index in [1.165, 1.54) is 33.6 Å². The Kier molecular flexibility index (Phi) is 55.7. The largest absolute Gasteiger partial charge is 0.394 e. The van der Waals surface area contributed by atoms with Crippen LogP contribution in [0.15, 0.2) is 0 Å².